The Morgan fingerprint density at radius 1 is 1.23 bits per heavy atom. The number of rotatable bonds is 5. The summed E-state index contributed by atoms with van der Waals surface area (Å²) in [6, 6.07) is 12.2. The second kappa shape index (κ2) is 7.91. The maximum Gasteiger partial charge on any atom is 0.342 e. The molecule has 26 heavy (non-hydrogen) atoms. The van der Waals surface area contributed by atoms with Gasteiger partial charge < -0.3 is 19.9 Å². The molecule has 0 heterocycles. The number of phenols is 1. The van der Waals surface area contributed by atoms with Crippen LogP contribution in [0.3, 0.4) is 0 Å². The lowest BCUT2D eigenvalue weighted by molar-refractivity contribution is -0.125. The third kappa shape index (κ3) is 3.96. The summed E-state index contributed by atoms with van der Waals surface area (Å²) in [7, 11) is 1.46. The molecule has 2 N–H and O–H groups in total. The molecule has 0 bridgehead atoms. The summed E-state index contributed by atoms with van der Waals surface area (Å²) in [5, 5.41) is 12.8. The number of nitrogens with one attached hydrogen (secondary N) is 1. The monoisotopic (exact) mass is 355 g/mol. The third-order valence-corrected chi connectivity index (χ3v) is 4.46. The van der Waals surface area contributed by atoms with E-state index in [1.165, 1.54) is 30.9 Å². The van der Waals surface area contributed by atoms with Gasteiger partial charge in [-0.25, -0.2) is 4.79 Å². The number of benzene rings is 2. The molecule has 0 saturated heterocycles. The number of fused-ring (bicyclic) bond motifs is 1. The van der Waals surface area contributed by atoms with E-state index in [-0.39, 0.29) is 23.3 Å². The topological polar surface area (TPSA) is 84.9 Å². The van der Waals surface area contributed by atoms with Crippen LogP contribution in [0.25, 0.3) is 0 Å². The summed E-state index contributed by atoms with van der Waals surface area (Å²) in [6.45, 7) is -0.400. The van der Waals surface area contributed by atoms with E-state index < -0.39 is 12.6 Å². The molecule has 1 aliphatic carbocycles. The molecule has 0 saturated carbocycles. The molecule has 2 aromatic rings. The largest absolute Gasteiger partial charge is 0.507 e. The lowest BCUT2D eigenvalue weighted by Gasteiger charge is -2.26. The molecule has 1 amide bonds. The van der Waals surface area contributed by atoms with E-state index in [0.29, 0.717) is 5.75 Å². The highest BCUT2D eigenvalue weighted by atomic mass is 16.5. The molecule has 2 aromatic carbocycles. The second-order valence-electron chi connectivity index (χ2n) is 6.17. The molecule has 0 spiro atoms. The highest BCUT2D eigenvalue weighted by Gasteiger charge is 2.22. The molecular formula is C20H21NO5. The van der Waals surface area contributed by atoms with Crippen LogP contribution in [0.4, 0.5) is 0 Å². The van der Waals surface area contributed by atoms with Crippen LogP contribution in [0.2, 0.25) is 0 Å². The minimum atomic E-state index is -0.760. The van der Waals surface area contributed by atoms with Crippen LogP contribution in [0.1, 0.15) is 40.4 Å². The Kier molecular flexibility index (Phi) is 5.41. The maximum atomic E-state index is 12.2. The predicted molar refractivity (Wildman–Crippen MR) is 95.2 cm³/mol. The number of methoxy groups -OCH3 is 1. The zero-order valence-corrected chi connectivity index (χ0v) is 14.5. The molecular weight excluding hydrogens is 334 g/mol. The first-order valence-electron chi connectivity index (χ1n) is 8.50. The highest BCUT2D eigenvalue weighted by molar-refractivity contribution is 5.94. The summed E-state index contributed by atoms with van der Waals surface area (Å²) in [6.07, 6.45) is 2.87. The van der Waals surface area contributed by atoms with E-state index in [1.807, 2.05) is 18.2 Å². The molecule has 1 aliphatic rings. The molecule has 0 unspecified atom stereocenters. The number of carbonyl (C=O) groups is 2. The fourth-order valence-electron chi connectivity index (χ4n) is 3.16. The minimum Gasteiger partial charge on any atom is -0.507 e. The molecule has 0 aliphatic heterocycles. The maximum absolute atomic E-state index is 12.2. The number of aryl methyl sites for hydroxylation is 1. The summed E-state index contributed by atoms with van der Waals surface area (Å²) >= 11 is 0. The fourth-order valence-corrected chi connectivity index (χ4v) is 3.16. The van der Waals surface area contributed by atoms with Gasteiger partial charge in [0.1, 0.15) is 17.1 Å². The third-order valence-electron chi connectivity index (χ3n) is 4.46. The molecule has 6 nitrogen and oxygen atoms in total. The van der Waals surface area contributed by atoms with Gasteiger partial charge in [-0.2, -0.15) is 0 Å². The standard InChI is InChI=1S/C20H21NO5/c1-25-14-9-10-16(18(22)11-14)20(24)26-12-19(23)21-17-8-4-6-13-5-2-3-7-15(13)17/h2-3,5,7,9-11,17,22H,4,6,8,12H2,1H3,(H,21,23)/t17-/m0/s1. The van der Waals surface area contributed by atoms with Gasteiger partial charge in [-0.3, -0.25) is 4.79 Å². The van der Waals surface area contributed by atoms with Gasteiger partial charge in [0.15, 0.2) is 6.61 Å². The average molecular weight is 355 g/mol. The SMILES string of the molecule is COc1ccc(C(=O)OCC(=O)N[C@H]2CCCc3ccccc32)c(O)c1. The van der Waals surface area contributed by atoms with Crippen molar-refractivity contribution < 1.29 is 24.2 Å². The molecule has 0 aromatic heterocycles. The van der Waals surface area contributed by atoms with Crippen molar-refractivity contribution in [3.63, 3.8) is 0 Å². The van der Waals surface area contributed by atoms with Gasteiger partial charge in [-0.15, -0.1) is 0 Å². The summed E-state index contributed by atoms with van der Waals surface area (Å²) < 4.78 is 9.99. The Labute approximate surface area is 151 Å². The van der Waals surface area contributed by atoms with Gasteiger partial charge in [-0.05, 0) is 42.5 Å². The van der Waals surface area contributed by atoms with Crippen LogP contribution in [-0.4, -0.2) is 30.7 Å². The number of amides is 1. The number of esters is 1. The van der Waals surface area contributed by atoms with Crippen LogP contribution >= 0.6 is 0 Å². The van der Waals surface area contributed by atoms with Gasteiger partial charge in [0.25, 0.3) is 5.91 Å². The Morgan fingerprint density at radius 2 is 2.04 bits per heavy atom. The Balaban J connectivity index is 1.57. The van der Waals surface area contributed by atoms with E-state index in [4.69, 9.17) is 9.47 Å². The summed E-state index contributed by atoms with van der Waals surface area (Å²) in [4.78, 5) is 24.2. The van der Waals surface area contributed by atoms with Crippen LogP contribution in [0.5, 0.6) is 11.5 Å². The average Bonchev–Trinajstić information content (AvgIpc) is 2.66. The van der Waals surface area contributed by atoms with Gasteiger partial charge >= 0.3 is 5.97 Å². The lowest BCUT2D eigenvalue weighted by Crippen LogP contribution is -2.34. The van der Waals surface area contributed by atoms with Gasteiger partial charge in [0.2, 0.25) is 0 Å². The number of hydrogen-bond donors (Lipinski definition) is 2. The lowest BCUT2D eigenvalue weighted by atomic mass is 9.88. The number of phenolic OH excluding ortho intramolecular Hbond substituents is 1. The van der Waals surface area contributed by atoms with Crippen molar-refractivity contribution in [2.75, 3.05) is 13.7 Å². The van der Waals surface area contributed by atoms with E-state index in [1.54, 1.807) is 0 Å². The van der Waals surface area contributed by atoms with Crippen molar-refractivity contribution >= 4 is 11.9 Å². The van der Waals surface area contributed by atoms with E-state index in [9.17, 15) is 14.7 Å². The van der Waals surface area contributed by atoms with Crippen LogP contribution in [0, 0.1) is 0 Å². The van der Waals surface area contributed by atoms with E-state index in [2.05, 4.69) is 11.4 Å². The van der Waals surface area contributed by atoms with Gasteiger partial charge in [-0.1, -0.05) is 24.3 Å². The number of ether oxygens (including phenoxy) is 2. The number of aromatic hydroxyl groups is 1. The summed E-state index contributed by atoms with van der Waals surface area (Å²) in [5.41, 5.74) is 2.34. The zero-order valence-electron chi connectivity index (χ0n) is 14.5. The fraction of sp³-hybridized carbons (Fsp3) is 0.300. The smallest absolute Gasteiger partial charge is 0.342 e. The first kappa shape index (κ1) is 17.8. The Morgan fingerprint density at radius 3 is 2.81 bits per heavy atom. The molecule has 136 valence electrons. The molecule has 1 atom stereocenters. The van der Waals surface area contributed by atoms with E-state index in [0.717, 1.165) is 24.8 Å². The summed E-state index contributed by atoms with van der Waals surface area (Å²) in [5.74, 6) is -0.957. The van der Waals surface area contributed by atoms with Gasteiger partial charge in [0, 0.05) is 6.07 Å². The van der Waals surface area contributed by atoms with Crippen molar-refractivity contribution in [1.29, 1.82) is 0 Å². The van der Waals surface area contributed by atoms with Crippen molar-refractivity contribution in [1.82, 2.24) is 5.32 Å². The second-order valence-corrected chi connectivity index (χ2v) is 6.17. The zero-order chi connectivity index (χ0) is 18.5. The van der Waals surface area contributed by atoms with Crippen molar-refractivity contribution in [2.45, 2.75) is 25.3 Å². The number of carbonyl (C=O) groups excluding carboxylic acids is 2. The van der Waals surface area contributed by atoms with Crippen LogP contribution in [-0.2, 0) is 16.0 Å². The molecule has 0 radical (unpaired) electrons. The molecule has 0 fully saturated rings. The van der Waals surface area contributed by atoms with Gasteiger partial charge in [0.05, 0.1) is 13.2 Å². The van der Waals surface area contributed by atoms with Crippen molar-refractivity contribution in [2.24, 2.45) is 0 Å². The highest BCUT2D eigenvalue weighted by Crippen LogP contribution is 2.29. The molecule has 6 heteroatoms. The van der Waals surface area contributed by atoms with Crippen molar-refractivity contribution in [3.8, 4) is 11.5 Å². The normalized spacial score (nSPS) is 15.7. The first-order valence-corrected chi connectivity index (χ1v) is 8.50. The molecule has 3 rings (SSSR count). The number of hydrogen-bond acceptors (Lipinski definition) is 5. The van der Waals surface area contributed by atoms with E-state index >= 15 is 0 Å². The quantitative estimate of drug-likeness (QED) is 0.806. The first-order chi connectivity index (χ1) is 12.6. The Hall–Kier alpha value is -3.02. The van der Waals surface area contributed by atoms with Crippen molar-refractivity contribution in [3.05, 3.63) is 59.2 Å². The Bertz CT molecular complexity index is 818. The predicted octanol–water partition coefficient (Wildman–Crippen LogP) is 2.75. The van der Waals surface area contributed by atoms with Crippen LogP contribution < -0.4 is 10.1 Å². The minimum absolute atomic E-state index is 0.0124. The van der Waals surface area contributed by atoms with Crippen LogP contribution in [0.15, 0.2) is 42.5 Å².